The van der Waals surface area contributed by atoms with Crippen molar-refractivity contribution >= 4 is 32.8 Å². The van der Waals surface area contributed by atoms with Crippen molar-refractivity contribution < 1.29 is 0 Å². The Kier molecular flexibility index (Phi) is 3.25. The zero-order chi connectivity index (χ0) is 9.84. The molecule has 2 rings (SSSR count). The van der Waals surface area contributed by atoms with Crippen LogP contribution in [0.2, 0.25) is 0 Å². The fraction of sp³-hybridized carbons (Fsp3) is 0.250. The molecule has 0 atom stereocenters. The number of nitrogens with two attached hydrogens (primary N) is 1. The summed E-state index contributed by atoms with van der Waals surface area (Å²) in [6.07, 6.45) is 1.68. The van der Waals surface area contributed by atoms with Crippen molar-refractivity contribution in [3.8, 4) is 0 Å². The van der Waals surface area contributed by atoms with Crippen LogP contribution in [-0.2, 0) is 0 Å². The van der Waals surface area contributed by atoms with E-state index in [-0.39, 0.29) is 0 Å². The highest BCUT2D eigenvalue weighted by atomic mass is 79.9. The summed E-state index contributed by atoms with van der Waals surface area (Å²) in [6, 6.07) is 1.88. The van der Waals surface area contributed by atoms with E-state index in [2.05, 4.69) is 31.1 Å². The summed E-state index contributed by atoms with van der Waals surface area (Å²) in [6.45, 7) is 4.00. The number of rotatable bonds is 0. The molecule has 0 saturated carbocycles. The minimum Gasteiger partial charge on any atom is -0.384 e. The molecule has 70 valence electrons. The summed E-state index contributed by atoms with van der Waals surface area (Å²) in [7, 11) is 0. The van der Waals surface area contributed by atoms with Gasteiger partial charge in [-0.25, -0.2) is 4.98 Å². The molecule has 0 radical (unpaired) electrons. The van der Waals surface area contributed by atoms with Gasteiger partial charge in [0, 0.05) is 10.7 Å². The van der Waals surface area contributed by atoms with Crippen molar-refractivity contribution in [3.63, 3.8) is 0 Å². The lowest BCUT2D eigenvalue weighted by Crippen LogP contribution is -1.83. The molecule has 0 unspecified atom stereocenters. The first-order valence-electron chi connectivity index (χ1n) is 4.02. The number of H-pyrrole nitrogens is 1. The van der Waals surface area contributed by atoms with Gasteiger partial charge in [-0.15, -0.1) is 0 Å². The highest BCUT2D eigenvalue weighted by Gasteiger charge is 2.01. The highest BCUT2D eigenvalue weighted by Crippen LogP contribution is 2.19. The Balaban J connectivity index is 0.000000396. The lowest BCUT2D eigenvalue weighted by atomic mass is 10.3. The van der Waals surface area contributed by atoms with Gasteiger partial charge in [0.15, 0.2) is 5.65 Å². The lowest BCUT2D eigenvalue weighted by molar-refractivity contribution is 1.10. The Bertz CT molecular complexity index is 396. The van der Waals surface area contributed by atoms with Gasteiger partial charge in [0.1, 0.15) is 5.82 Å². The molecule has 0 saturated heterocycles. The average Bonchev–Trinajstić information content (AvgIpc) is 2.52. The molecule has 0 aromatic carbocycles. The summed E-state index contributed by atoms with van der Waals surface area (Å²) < 4.78 is 0.901. The van der Waals surface area contributed by atoms with Crippen molar-refractivity contribution in [3.05, 3.63) is 16.7 Å². The Morgan fingerprint density at radius 1 is 1.46 bits per heavy atom. The van der Waals surface area contributed by atoms with Crippen LogP contribution in [0.1, 0.15) is 13.8 Å². The number of anilines is 1. The van der Waals surface area contributed by atoms with Gasteiger partial charge in [0.05, 0.1) is 5.39 Å². The summed E-state index contributed by atoms with van der Waals surface area (Å²) in [5, 5.41) is 7.37. The van der Waals surface area contributed by atoms with E-state index < -0.39 is 0 Å². The Morgan fingerprint density at radius 3 is 2.85 bits per heavy atom. The topological polar surface area (TPSA) is 67.6 Å². The molecule has 5 heteroatoms. The predicted octanol–water partition coefficient (Wildman–Crippen LogP) is 2.33. The molecular formula is C8H11BrN4. The molecule has 13 heavy (non-hydrogen) atoms. The van der Waals surface area contributed by atoms with E-state index in [9.17, 15) is 0 Å². The first-order chi connectivity index (χ1) is 6.27. The van der Waals surface area contributed by atoms with Crippen LogP contribution in [0.5, 0.6) is 0 Å². The third kappa shape index (κ3) is 1.98. The Hall–Kier alpha value is -1.10. The maximum Gasteiger partial charge on any atom is 0.183 e. The number of nitrogens with zero attached hydrogens (tertiary/aromatic N) is 2. The van der Waals surface area contributed by atoms with E-state index in [1.165, 1.54) is 0 Å². The Labute approximate surface area is 84.7 Å². The zero-order valence-corrected chi connectivity index (χ0v) is 9.09. The van der Waals surface area contributed by atoms with Gasteiger partial charge in [0.2, 0.25) is 0 Å². The van der Waals surface area contributed by atoms with Crippen LogP contribution < -0.4 is 5.73 Å². The van der Waals surface area contributed by atoms with Gasteiger partial charge in [-0.2, -0.15) is 5.10 Å². The SMILES string of the molecule is CC.Nc1[nH]nc2ncc(Br)cc12. The number of aromatic amines is 1. The van der Waals surface area contributed by atoms with Crippen LogP contribution in [0.4, 0.5) is 5.82 Å². The monoisotopic (exact) mass is 242 g/mol. The van der Waals surface area contributed by atoms with E-state index in [1.54, 1.807) is 6.20 Å². The van der Waals surface area contributed by atoms with Crippen LogP contribution in [-0.4, -0.2) is 15.2 Å². The fourth-order valence-corrected chi connectivity index (χ4v) is 1.22. The van der Waals surface area contributed by atoms with Crippen molar-refractivity contribution in [2.45, 2.75) is 13.8 Å². The van der Waals surface area contributed by atoms with Crippen molar-refractivity contribution in [2.75, 3.05) is 5.73 Å². The van der Waals surface area contributed by atoms with Crippen LogP contribution >= 0.6 is 15.9 Å². The average molecular weight is 243 g/mol. The Morgan fingerprint density at radius 2 is 2.15 bits per heavy atom. The molecule has 0 aliphatic heterocycles. The lowest BCUT2D eigenvalue weighted by Gasteiger charge is -1.88. The number of nitrogens with one attached hydrogen (secondary N) is 1. The molecule has 0 fully saturated rings. The summed E-state index contributed by atoms with van der Waals surface area (Å²) in [4.78, 5) is 4.03. The van der Waals surface area contributed by atoms with Crippen LogP contribution in [0.3, 0.4) is 0 Å². The first-order valence-corrected chi connectivity index (χ1v) is 4.82. The molecule has 0 bridgehead atoms. The van der Waals surface area contributed by atoms with Gasteiger partial charge in [0.25, 0.3) is 0 Å². The van der Waals surface area contributed by atoms with Gasteiger partial charge < -0.3 is 5.73 Å². The molecule has 3 N–H and O–H groups in total. The number of hydrogen-bond donors (Lipinski definition) is 2. The van der Waals surface area contributed by atoms with Gasteiger partial charge in [-0.05, 0) is 22.0 Å². The number of fused-ring (bicyclic) bond motifs is 1. The molecular weight excluding hydrogens is 232 g/mol. The molecule has 0 amide bonds. The molecule has 0 aliphatic carbocycles. The molecule has 2 aromatic heterocycles. The van der Waals surface area contributed by atoms with Crippen molar-refractivity contribution in [1.29, 1.82) is 0 Å². The van der Waals surface area contributed by atoms with Crippen LogP contribution in [0.15, 0.2) is 16.7 Å². The molecule has 2 heterocycles. The fourth-order valence-electron chi connectivity index (χ4n) is 0.893. The number of halogens is 1. The van der Waals surface area contributed by atoms with Gasteiger partial charge in [-0.1, -0.05) is 13.8 Å². The number of aromatic nitrogens is 3. The second-order valence-corrected chi connectivity index (χ2v) is 3.08. The standard InChI is InChI=1S/C6H5BrN4.C2H6/c7-3-1-4-5(8)10-11-6(4)9-2-3;1-2/h1-2H,(H3,8,9,10,11);1-2H3. The van der Waals surface area contributed by atoms with E-state index in [1.807, 2.05) is 19.9 Å². The molecule has 4 nitrogen and oxygen atoms in total. The molecule has 2 aromatic rings. The number of nitrogen functional groups attached to an aromatic ring is 1. The van der Waals surface area contributed by atoms with Crippen LogP contribution in [0.25, 0.3) is 11.0 Å². The summed E-state index contributed by atoms with van der Waals surface area (Å²) in [5.74, 6) is 0.550. The minimum atomic E-state index is 0.550. The van der Waals surface area contributed by atoms with Crippen molar-refractivity contribution in [2.24, 2.45) is 0 Å². The normalized spacial score (nSPS) is 9.46. The van der Waals surface area contributed by atoms with E-state index in [0.717, 1.165) is 9.86 Å². The van der Waals surface area contributed by atoms with Gasteiger partial charge >= 0.3 is 0 Å². The largest absolute Gasteiger partial charge is 0.384 e. The molecule has 0 spiro atoms. The maximum atomic E-state index is 5.57. The number of pyridine rings is 1. The second kappa shape index (κ2) is 4.23. The first kappa shape index (κ1) is 9.98. The predicted molar refractivity (Wildman–Crippen MR) is 57.3 cm³/mol. The van der Waals surface area contributed by atoms with E-state index in [4.69, 9.17) is 5.73 Å². The number of hydrogen-bond acceptors (Lipinski definition) is 3. The zero-order valence-electron chi connectivity index (χ0n) is 7.50. The third-order valence-electron chi connectivity index (χ3n) is 1.41. The second-order valence-electron chi connectivity index (χ2n) is 2.16. The highest BCUT2D eigenvalue weighted by molar-refractivity contribution is 9.10. The minimum absolute atomic E-state index is 0.550. The smallest absolute Gasteiger partial charge is 0.183 e. The van der Waals surface area contributed by atoms with Crippen LogP contribution in [0, 0.1) is 0 Å². The maximum absolute atomic E-state index is 5.57. The third-order valence-corrected chi connectivity index (χ3v) is 1.84. The summed E-state index contributed by atoms with van der Waals surface area (Å²) >= 11 is 3.29. The van der Waals surface area contributed by atoms with Crippen molar-refractivity contribution in [1.82, 2.24) is 15.2 Å². The quantitative estimate of drug-likeness (QED) is 0.746. The van der Waals surface area contributed by atoms with E-state index >= 15 is 0 Å². The van der Waals surface area contributed by atoms with E-state index in [0.29, 0.717) is 11.5 Å². The molecule has 0 aliphatic rings. The summed E-state index contributed by atoms with van der Waals surface area (Å²) in [5.41, 5.74) is 6.21. The van der Waals surface area contributed by atoms with Gasteiger partial charge in [-0.3, -0.25) is 5.10 Å².